The van der Waals surface area contributed by atoms with Gasteiger partial charge in [0.25, 0.3) is 0 Å². The van der Waals surface area contributed by atoms with E-state index < -0.39 is 17.7 Å². The molecule has 0 radical (unpaired) electrons. The van der Waals surface area contributed by atoms with Gasteiger partial charge in [0.05, 0.1) is 6.42 Å². The summed E-state index contributed by atoms with van der Waals surface area (Å²) in [6.45, 7) is 7.05. The van der Waals surface area contributed by atoms with Crippen molar-refractivity contribution in [1.29, 1.82) is 0 Å². The average Bonchev–Trinajstić information content (AvgIpc) is 2.35. The van der Waals surface area contributed by atoms with Gasteiger partial charge in [-0.05, 0) is 39.3 Å². The minimum atomic E-state index is -0.534. The molecule has 0 spiro atoms. The number of ether oxygens (including phenoxy) is 2. The molecule has 114 valence electrons. The lowest BCUT2D eigenvalue weighted by atomic mass is 10.2. The van der Waals surface area contributed by atoms with E-state index in [1.807, 2.05) is 30.3 Å². The number of hydrogen-bond donors (Lipinski definition) is 0. The summed E-state index contributed by atoms with van der Waals surface area (Å²) < 4.78 is 10.3. The third-order valence-corrected chi connectivity index (χ3v) is 2.40. The largest absolute Gasteiger partial charge is 0.460 e. The molecule has 0 heterocycles. The predicted octanol–water partition coefficient (Wildman–Crippen LogP) is 3.36. The van der Waals surface area contributed by atoms with Gasteiger partial charge >= 0.3 is 11.9 Å². The fourth-order valence-electron chi connectivity index (χ4n) is 1.63. The Labute approximate surface area is 125 Å². The number of esters is 2. The van der Waals surface area contributed by atoms with E-state index in [0.717, 1.165) is 5.56 Å². The normalized spacial score (nSPS) is 13.0. The maximum atomic E-state index is 11.6. The van der Waals surface area contributed by atoms with Crippen molar-refractivity contribution in [3.63, 3.8) is 0 Å². The van der Waals surface area contributed by atoms with Gasteiger partial charge in [0, 0.05) is 6.08 Å². The second kappa shape index (κ2) is 7.62. The SMILES string of the molecule is CC(CC(=O)OC(C)(C)C)OC(=O)/C=C/c1ccccc1. The van der Waals surface area contributed by atoms with Crippen LogP contribution >= 0.6 is 0 Å². The average molecular weight is 290 g/mol. The van der Waals surface area contributed by atoms with Gasteiger partial charge in [-0.25, -0.2) is 4.79 Å². The van der Waals surface area contributed by atoms with E-state index in [1.54, 1.807) is 33.8 Å². The highest BCUT2D eigenvalue weighted by atomic mass is 16.6. The van der Waals surface area contributed by atoms with Crippen LogP contribution in [0.15, 0.2) is 36.4 Å². The first-order valence-electron chi connectivity index (χ1n) is 6.92. The Hall–Kier alpha value is -2.10. The van der Waals surface area contributed by atoms with Gasteiger partial charge in [-0.2, -0.15) is 0 Å². The molecular formula is C17H22O4. The Kier molecular flexibility index (Phi) is 6.15. The molecular weight excluding hydrogens is 268 g/mol. The molecule has 0 aliphatic carbocycles. The minimum absolute atomic E-state index is 0.0438. The highest BCUT2D eigenvalue weighted by Crippen LogP contribution is 2.10. The molecule has 1 unspecified atom stereocenters. The van der Waals surface area contributed by atoms with Gasteiger partial charge in [-0.15, -0.1) is 0 Å². The van der Waals surface area contributed by atoms with Crippen LogP contribution in [0.3, 0.4) is 0 Å². The molecule has 0 bridgehead atoms. The van der Waals surface area contributed by atoms with Crippen LogP contribution in [-0.2, 0) is 19.1 Å². The molecule has 0 aliphatic rings. The van der Waals surface area contributed by atoms with Crippen molar-refractivity contribution in [1.82, 2.24) is 0 Å². The molecule has 0 aliphatic heterocycles. The third-order valence-electron chi connectivity index (χ3n) is 2.40. The Balaban J connectivity index is 2.40. The first-order valence-corrected chi connectivity index (χ1v) is 6.92. The predicted molar refractivity (Wildman–Crippen MR) is 81.5 cm³/mol. The van der Waals surface area contributed by atoms with Gasteiger partial charge in [0.1, 0.15) is 11.7 Å². The quantitative estimate of drug-likeness (QED) is 0.616. The fraction of sp³-hybridized carbons (Fsp3) is 0.412. The Bertz CT molecular complexity index is 497. The van der Waals surface area contributed by atoms with E-state index >= 15 is 0 Å². The van der Waals surface area contributed by atoms with Crippen LogP contribution in [0.1, 0.15) is 39.7 Å². The summed E-state index contributed by atoms with van der Waals surface area (Å²) in [4.78, 5) is 23.2. The summed E-state index contributed by atoms with van der Waals surface area (Å²) in [6.07, 6.45) is 2.54. The first-order chi connectivity index (χ1) is 9.76. The standard InChI is InChI=1S/C17H22O4/c1-13(12-16(19)21-17(2,3)4)20-15(18)11-10-14-8-6-5-7-9-14/h5-11,13H,12H2,1-4H3/b11-10+. The van der Waals surface area contributed by atoms with Crippen molar-refractivity contribution in [2.24, 2.45) is 0 Å². The molecule has 0 aromatic heterocycles. The smallest absolute Gasteiger partial charge is 0.331 e. The zero-order valence-corrected chi connectivity index (χ0v) is 13.0. The van der Waals surface area contributed by atoms with Gasteiger partial charge in [0.15, 0.2) is 0 Å². The topological polar surface area (TPSA) is 52.6 Å². The van der Waals surface area contributed by atoms with Crippen LogP contribution in [-0.4, -0.2) is 23.6 Å². The van der Waals surface area contributed by atoms with Crippen LogP contribution in [0.2, 0.25) is 0 Å². The molecule has 0 fully saturated rings. The van der Waals surface area contributed by atoms with Gasteiger partial charge in [-0.1, -0.05) is 30.3 Å². The number of benzene rings is 1. The molecule has 1 aromatic carbocycles. The van der Waals surface area contributed by atoms with Crippen molar-refractivity contribution in [2.45, 2.75) is 45.8 Å². The summed E-state index contributed by atoms with van der Waals surface area (Å²) >= 11 is 0. The molecule has 1 rings (SSSR count). The first kappa shape index (κ1) is 17.0. The van der Waals surface area contributed by atoms with E-state index in [9.17, 15) is 9.59 Å². The lowest BCUT2D eigenvalue weighted by Crippen LogP contribution is -2.27. The molecule has 21 heavy (non-hydrogen) atoms. The van der Waals surface area contributed by atoms with Crippen molar-refractivity contribution in [3.8, 4) is 0 Å². The van der Waals surface area contributed by atoms with E-state index in [2.05, 4.69) is 0 Å². The maximum Gasteiger partial charge on any atom is 0.331 e. The number of carbonyl (C=O) groups excluding carboxylic acids is 2. The van der Waals surface area contributed by atoms with Crippen molar-refractivity contribution < 1.29 is 19.1 Å². The van der Waals surface area contributed by atoms with Crippen LogP contribution in [0.25, 0.3) is 6.08 Å². The summed E-state index contributed by atoms with van der Waals surface area (Å²) in [5.41, 5.74) is 0.378. The molecule has 4 nitrogen and oxygen atoms in total. The van der Waals surface area contributed by atoms with E-state index in [1.165, 1.54) is 6.08 Å². The number of rotatable bonds is 5. The van der Waals surface area contributed by atoms with Crippen molar-refractivity contribution in [3.05, 3.63) is 42.0 Å². The molecule has 1 atom stereocenters. The molecule has 0 N–H and O–H groups in total. The van der Waals surface area contributed by atoms with Crippen molar-refractivity contribution >= 4 is 18.0 Å². The number of hydrogen-bond acceptors (Lipinski definition) is 4. The Morgan fingerprint density at radius 1 is 1.19 bits per heavy atom. The lowest BCUT2D eigenvalue weighted by molar-refractivity contribution is -0.159. The van der Waals surface area contributed by atoms with Crippen LogP contribution in [0, 0.1) is 0 Å². The van der Waals surface area contributed by atoms with E-state index in [0.29, 0.717) is 0 Å². The second-order valence-corrected chi connectivity index (χ2v) is 5.78. The highest BCUT2D eigenvalue weighted by molar-refractivity contribution is 5.87. The van der Waals surface area contributed by atoms with Gasteiger partial charge in [0.2, 0.25) is 0 Å². The Morgan fingerprint density at radius 2 is 1.81 bits per heavy atom. The summed E-state index contributed by atoms with van der Waals surface area (Å²) in [7, 11) is 0. The fourth-order valence-corrected chi connectivity index (χ4v) is 1.63. The van der Waals surface area contributed by atoms with Gasteiger partial charge in [-0.3, -0.25) is 4.79 Å². The molecule has 4 heteroatoms. The maximum absolute atomic E-state index is 11.6. The monoisotopic (exact) mass is 290 g/mol. The molecule has 1 aromatic rings. The second-order valence-electron chi connectivity index (χ2n) is 5.78. The molecule has 0 saturated heterocycles. The number of carbonyl (C=O) groups is 2. The van der Waals surface area contributed by atoms with E-state index in [4.69, 9.17) is 9.47 Å². The zero-order valence-electron chi connectivity index (χ0n) is 13.0. The highest BCUT2D eigenvalue weighted by Gasteiger charge is 2.19. The summed E-state index contributed by atoms with van der Waals surface area (Å²) in [5.74, 6) is -0.857. The van der Waals surface area contributed by atoms with Crippen LogP contribution < -0.4 is 0 Å². The minimum Gasteiger partial charge on any atom is -0.460 e. The summed E-state index contributed by atoms with van der Waals surface area (Å²) in [6, 6.07) is 9.44. The van der Waals surface area contributed by atoms with Gasteiger partial charge < -0.3 is 9.47 Å². The molecule has 0 saturated carbocycles. The summed E-state index contributed by atoms with van der Waals surface area (Å²) in [5, 5.41) is 0. The van der Waals surface area contributed by atoms with Crippen LogP contribution in [0.5, 0.6) is 0 Å². The van der Waals surface area contributed by atoms with Crippen LogP contribution in [0.4, 0.5) is 0 Å². The molecule has 0 amide bonds. The van der Waals surface area contributed by atoms with Crippen molar-refractivity contribution in [2.75, 3.05) is 0 Å². The van der Waals surface area contributed by atoms with E-state index in [-0.39, 0.29) is 12.4 Å². The third kappa shape index (κ3) is 7.92. The lowest BCUT2D eigenvalue weighted by Gasteiger charge is -2.20. The zero-order chi connectivity index (χ0) is 15.9. The Morgan fingerprint density at radius 3 is 2.38 bits per heavy atom.